The molecular formula is C5H12NO2P. The Bertz CT molecular complexity index is 77.4. The number of nitrogens with two attached hydrogens (primary N) is 1. The number of hydrogen-bond acceptors (Lipinski definition) is 3. The summed E-state index contributed by atoms with van der Waals surface area (Å²) in [6, 6.07) is 0.219. The van der Waals surface area contributed by atoms with E-state index in [1.165, 1.54) is 0 Å². The molecule has 0 unspecified atom stereocenters. The molecule has 0 bridgehead atoms. The van der Waals surface area contributed by atoms with E-state index in [-0.39, 0.29) is 14.7 Å². The van der Waals surface area contributed by atoms with E-state index in [1.54, 1.807) is 0 Å². The molecular weight excluding hydrogens is 137 g/mol. The SMILES string of the molecule is C[C@@H](N)CCCOP=O. The van der Waals surface area contributed by atoms with Crippen molar-refractivity contribution in [3.05, 3.63) is 0 Å². The lowest BCUT2D eigenvalue weighted by molar-refractivity contribution is 0.326. The fraction of sp³-hybridized carbons (Fsp3) is 1.00. The molecule has 9 heavy (non-hydrogen) atoms. The van der Waals surface area contributed by atoms with Crippen molar-refractivity contribution in [3.8, 4) is 0 Å². The molecule has 54 valence electrons. The highest BCUT2D eigenvalue weighted by Crippen LogP contribution is 1.99. The second kappa shape index (κ2) is 6.14. The molecule has 1 atom stereocenters. The van der Waals surface area contributed by atoms with Crippen LogP contribution in [-0.4, -0.2) is 12.6 Å². The molecule has 4 heteroatoms. The van der Waals surface area contributed by atoms with Gasteiger partial charge in [-0.05, 0) is 19.8 Å². The van der Waals surface area contributed by atoms with E-state index in [9.17, 15) is 4.57 Å². The van der Waals surface area contributed by atoms with Gasteiger partial charge < -0.3 is 5.73 Å². The van der Waals surface area contributed by atoms with E-state index in [0.29, 0.717) is 6.61 Å². The first-order chi connectivity index (χ1) is 4.27. The van der Waals surface area contributed by atoms with Crippen LogP contribution in [-0.2, 0) is 9.09 Å². The van der Waals surface area contributed by atoms with Crippen LogP contribution in [0.5, 0.6) is 0 Å². The minimum Gasteiger partial charge on any atom is -0.328 e. The van der Waals surface area contributed by atoms with Crippen LogP contribution in [0.3, 0.4) is 0 Å². The lowest BCUT2D eigenvalue weighted by atomic mass is 10.2. The first kappa shape index (κ1) is 9.02. The van der Waals surface area contributed by atoms with Crippen LogP contribution in [0.25, 0.3) is 0 Å². The molecule has 0 amide bonds. The third-order valence-corrected chi connectivity index (χ3v) is 1.24. The van der Waals surface area contributed by atoms with Crippen LogP contribution in [0, 0.1) is 0 Å². The summed E-state index contributed by atoms with van der Waals surface area (Å²) in [5.74, 6) is 0. The predicted octanol–water partition coefficient (Wildman–Crippen LogP) is 1.34. The standard InChI is InChI=1S/C5H12NO2P/c1-5(6)3-2-4-8-9-7/h5H,2-4,6H2,1H3/t5-/m1/s1. The second-order valence-corrected chi connectivity index (χ2v) is 2.43. The van der Waals surface area contributed by atoms with Crippen molar-refractivity contribution in [1.29, 1.82) is 0 Å². The Morgan fingerprint density at radius 3 is 2.89 bits per heavy atom. The van der Waals surface area contributed by atoms with E-state index in [1.807, 2.05) is 6.92 Å². The zero-order valence-electron chi connectivity index (χ0n) is 5.54. The monoisotopic (exact) mass is 149 g/mol. The van der Waals surface area contributed by atoms with Gasteiger partial charge in [0.25, 0.3) is 0 Å². The largest absolute Gasteiger partial charge is 0.328 e. The van der Waals surface area contributed by atoms with Gasteiger partial charge in [0, 0.05) is 6.04 Å². The molecule has 0 saturated carbocycles. The summed E-state index contributed by atoms with van der Waals surface area (Å²) in [6.07, 6.45) is 1.81. The van der Waals surface area contributed by atoms with Crippen LogP contribution < -0.4 is 5.73 Å². The van der Waals surface area contributed by atoms with Gasteiger partial charge in [0.05, 0.1) is 6.61 Å². The summed E-state index contributed by atoms with van der Waals surface area (Å²) in [6.45, 7) is 2.47. The Kier molecular flexibility index (Phi) is 6.16. The molecule has 0 aliphatic heterocycles. The van der Waals surface area contributed by atoms with E-state index >= 15 is 0 Å². The summed E-state index contributed by atoms with van der Waals surface area (Å²) in [5.41, 5.74) is 5.44. The molecule has 0 aromatic heterocycles. The third-order valence-electron chi connectivity index (χ3n) is 0.948. The van der Waals surface area contributed by atoms with Crippen LogP contribution in [0.4, 0.5) is 0 Å². The van der Waals surface area contributed by atoms with Crippen molar-refractivity contribution >= 4 is 8.69 Å². The van der Waals surface area contributed by atoms with Crippen molar-refractivity contribution in [2.75, 3.05) is 6.61 Å². The van der Waals surface area contributed by atoms with E-state index in [4.69, 9.17) is 5.73 Å². The number of hydrogen-bond donors (Lipinski definition) is 1. The van der Waals surface area contributed by atoms with E-state index in [2.05, 4.69) is 4.52 Å². The van der Waals surface area contributed by atoms with Gasteiger partial charge in [-0.2, -0.15) is 0 Å². The van der Waals surface area contributed by atoms with Gasteiger partial charge in [-0.15, -0.1) is 0 Å². The Balaban J connectivity index is 2.82. The fourth-order valence-corrected chi connectivity index (χ4v) is 0.711. The summed E-state index contributed by atoms with van der Waals surface area (Å²) in [4.78, 5) is 0. The zero-order valence-corrected chi connectivity index (χ0v) is 6.43. The first-order valence-corrected chi connectivity index (χ1v) is 3.70. The van der Waals surface area contributed by atoms with Crippen LogP contribution in [0.1, 0.15) is 19.8 Å². The molecule has 0 aliphatic rings. The Morgan fingerprint density at radius 2 is 2.44 bits per heavy atom. The minimum absolute atomic E-state index is 0.219. The Labute approximate surface area is 56.9 Å². The Morgan fingerprint density at radius 1 is 1.78 bits per heavy atom. The van der Waals surface area contributed by atoms with Crippen LogP contribution in [0.2, 0.25) is 0 Å². The number of rotatable bonds is 5. The normalized spacial score (nSPS) is 14.0. The van der Waals surface area contributed by atoms with Gasteiger partial charge in [-0.25, -0.2) is 4.57 Å². The maximum atomic E-state index is 9.69. The molecule has 0 fully saturated rings. The fourth-order valence-electron chi connectivity index (χ4n) is 0.507. The summed E-state index contributed by atoms with van der Waals surface area (Å²) >= 11 is 0. The van der Waals surface area contributed by atoms with Gasteiger partial charge in [0.15, 0.2) is 0 Å². The summed E-state index contributed by atoms with van der Waals surface area (Å²) in [7, 11) is -0.234. The van der Waals surface area contributed by atoms with Crippen molar-refractivity contribution < 1.29 is 9.09 Å². The van der Waals surface area contributed by atoms with Gasteiger partial charge in [-0.1, -0.05) is 0 Å². The van der Waals surface area contributed by atoms with E-state index < -0.39 is 0 Å². The van der Waals surface area contributed by atoms with Gasteiger partial charge >= 0.3 is 8.69 Å². The van der Waals surface area contributed by atoms with Gasteiger partial charge in [0.1, 0.15) is 0 Å². The lowest BCUT2D eigenvalue weighted by Crippen LogP contribution is -2.14. The van der Waals surface area contributed by atoms with Crippen molar-refractivity contribution in [3.63, 3.8) is 0 Å². The molecule has 0 rings (SSSR count). The molecule has 0 aromatic carbocycles. The summed E-state index contributed by atoms with van der Waals surface area (Å²) < 4.78 is 14.2. The molecule has 0 saturated heterocycles. The summed E-state index contributed by atoms with van der Waals surface area (Å²) in [5, 5.41) is 0. The first-order valence-electron chi connectivity index (χ1n) is 2.97. The maximum absolute atomic E-state index is 9.69. The van der Waals surface area contributed by atoms with Crippen LogP contribution >= 0.6 is 8.69 Å². The smallest absolute Gasteiger partial charge is 0.327 e. The molecule has 2 N–H and O–H groups in total. The molecule has 0 radical (unpaired) electrons. The molecule has 3 nitrogen and oxygen atoms in total. The van der Waals surface area contributed by atoms with Crippen molar-refractivity contribution in [2.45, 2.75) is 25.8 Å². The lowest BCUT2D eigenvalue weighted by Gasteiger charge is -2.00. The predicted molar refractivity (Wildman–Crippen MR) is 36.4 cm³/mol. The zero-order chi connectivity index (χ0) is 7.11. The highest BCUT2D eigenvalue weighted by molar-refractivity contribution is 7.17. The molecule has 0 aromatic rings. The molecule has 0 aliphatic carbocycles. The third kappa shape index (κ3) is 8.02. The van der Waals surface area contributed by atoms with Crippen molar-refractivity contribution in [1.82, 2.24) is 0 Å². The minimum atomic E-state index is -0.234. The molecule has 0 spiro atoms. The van der Waals surface area contributed by atoms with Crippen molar-refractivity contribution in [2.24, 2.45) is 5.73 Å². The van der Waals surface area contributed by atoms with Crippen LogP contribution in [0.15, 0.2) is 0 Å². The van der Waals surface area contributed by atoms with Gasteiger partial charge in [0.2, 0.25) is 0 Å². The average Bonchev–Trinajstić information content (AvgIpc) is 1.80. The highest BCUT2D eigenvalue weighted by Gasteiger charge is 1.92. The van der Waals surface area contributed by atoms with E-state index in [0.717, 1.165) is 12.8 Å². The quantitative estimate of drug-likeness (QED) is 0.474. The maximum Gasteiger partial charge on any atom is 0.327 e. The molecule has 0 heterocycles. The highest BCUT2D eigenvalue weighted by atomic mass is 31.1. The second-order valence-electron chi connectivity index (χ2n) is 2.03. The average molecular weight is 149 g/mol. The van der Waals surface area contributed by atoms with Gasteiger partial charge in [-0.3, -0.25) is 4.52 Å². The topological polar surface area (TPSA) is 52.3 Å². The Hall–Kier alpha value is 0.0200.